The number of hydrogen-bond donors (Lipinski definition) is 0. The van der Waals surface area contributed by atoms with Gasteiger partial charge >= 0.3 is 0 Å². The molecule has 3 aromatic rings. The molecule has 10 heteroatoms. The molecule has 0 spiro atoms. The molecule has 32 heavy (non-hydrogen) atoms. The molecule has 0 radical (unpaired) electrons. The van der Waals surface area contributed by atoms with Crippen LogP contribution in [-0.2, 0) is 29.4 Å². The minimum Gasteiger partial charge on any atom is -0.283 e. The van der Waals surface area contributed by atoms with Crippen LogP contribution >= 0.6 is 23.1 Å². The highest BCUT2D eigenvalue weighted by atomic mass is 32.2. The SMILES string of the molecule is C=CCn1c(SCCN2C(=O)c3ccccc3S2(=O)=O)nc2sc3c(c2c1=O)CCCC3. The number of rotatable bonds is 6. The highest BCUT2D eigenvalue weighted by Gasteiger charge is 2.40. The molecule has 5 rings (SSSR count). The average molecular weight is 488 g/mol. The number of amides is 1. The Labute approximate surface area is 193 Å². The van der Waals surface area contributed by atoms with E-state index in [1.165, 1.54) is 28.8 Å². The lowest BCUT2D eigenvalue weighted by atomic mass is 9.97. The Hall–Kier alpha value is -2.43. The normalized spacial score (nSPS) is 16.9. The Morgan fingerprint density at radius 2 is 1.97 bits per heavy atom. The summed E-state index contributed by atoms with van der Waals surface area (Å²) in [5.74, 6) is -0.224. The third-order valence-corrected chi connectivity index (χ3v) is 9.77. The number of carbonyl (C=O) groups is 1. The molecule has 0 saturated carbocycles. The first-order valence-corrected chi connectivity index (χ1v) is 13.6. The Kier molecular flexibility index (Phi) is 5.47. The molecule has 0 atom stereocenters. The monoisotopic (exact) mass is 487 g/mol. The fourth-order valence-electron chi connectivity index (χ4n) is 4.29. The maximum atomic E-state index is 13.3. The Morgan fingerprint density at radius 3 is 2.75 bits per heavy atom. The first kappa shape index (κ1) is 21.4. The van der Waals surface area contributed by atoms with Crippen LogP contribution in [-0.4, -0.2) is 40.5 Å². The number of nitrogens with zero attached hydrogens (tertiary/aromatic N) is 3. The van der Waals surface area contributed by atoms with E-state index in [0.29, 0.717) is 22.8 Å². The molecule has 166 valence electrons. The molecule has 0 N–H and O–H groups in total. The van der Waals surface area contributed by atoms with E-state index in [9.17, 15) is 18.0 Å². The van der Waals surface area contributed by atoms with Crippen molar-refractivity contribution in [2.45, 2.75) is 42.3 Å². The van der Waals surface area contributed by atoms with Crippen LogP contribution in [0.5, 0.6) is 0 Å². The topological polar surface area (TPSA) is 89.3 Å². The zero-order valence-corrected chi connectivity index (χ0v) is 19.7. The van der Waals surface area contributed by atoms with E-state index < -0.39 is 15.9 Å². The Balaban J connectivity index is 1.44. The van der Waals surface area contributed by atoms with Crippen molar-refractivity contribution in [3.05, 3.63) is 63.3 Å². The first-order valence-electron chi connectivity index (χ1n) is 10.4. The summed E-state index contributed by atoms with van der Waals surface area (Å²) in [6.07, 6.45) is 5.75. The van der Waals surface area contributed by atoms with Gasteiger partial charge in [-0.1, -0.05) is 30.0 Å². The molecular weight excluding hydrogens is 466 g/mol. The molecule has 2 aromatic heterocycles. The summed E-state index contributed by atoms with van der Waals surface area (Å²) in [6.45, 7) is 4.09. The van der Waals surface area contributed by atoms with Gasteiger partial charge in [0.2, 0.25) is 0 Å². The molecule has 3 heterocycles. The van der Waals surface area contributed by atoms with Gasteiger partial charge in [-0.05, 0) is 43.4 Å². The van der Waals surface area contributed by atoms with Crippen LogP contribution in [0, 0.1) is 0 Å². The summed E-state index contributed by atoms with van der Waals surface area (Å²) in [4.78, 5) is 32.7. The van der Waals surface area contributed by atoms with Crippen LogP contribution in [0.1, 0.15) is 33.6 Å². The largest absolute Gasteiger partial charge is 0.283 e. The Morgan fingerprint density at radius 1 is 1.19 bits per heavy atom. The van der Waals surface area contributed by atoms with Crippen molar-refractivity contribution in [2.75, 3.05) is 12.3 Å². The van der Waals surface area contributed by atoms with E-state index in [1.807, 2.05) is 0 Å². The number of aromatic nitrogens is 2. The van der Waals surface area contributed by atoms with Crippen LogP contribution < -0.4 is 5.56 Å². The molecule has 1 aliphatic heterocycles. The number of benzene rings is 1. The zero-order chi connectivity index (χ0) is 22.5. The molecule has 2 aliphatic rings. The average Bonchev–Trinajstić information content (AvgIpc) is 3.25. The number of thiophene rings is 1. The predicted octanol–water partition coefficient (Wildman–Crippen LogP) is 3.46. The fraction of sp³-hybridized carbons (Fsp3) is 0.318. The molecule has 1 aliphatic carbocycles. The standard InChI is InChI=1S/C22H21N3O4S3/c1-2-11-24-21(27)18-14-7-3-5-9-16(14)31-19(18)23-22(24)30-13-12-25-20(26)15-8-4-6-10-17(15)32(25,28)29/h2,4,6,8,10H,1,3,5,7,9,11-13H2. The summed E-state index contributed by atoms with van der Waals surface area (Å²) in [5.41, 5.74) is 1.26. The second kappa shape index (κ2) is 8.17. The number of aryl methyl sites for hydroxylation is 2. The van der Waals surface area contributed by atoms with E-state index in [0.717, 1.165) is 40.4 Å². The number of sulfonamides is 1. The molecule has 1 amide bonds. The quantitative estimate of drug-likeness (QED) is 0.301. The minimum atomic E-state index is -3.85. The first-order chi connectivity index (χ1) is 15.4. The third kappa shape index (κ3) is 3.32. The fourth-order valence-corrected chi connectivity index (χ4v) is 8.21. The van der Waals surface area contributed by atoms with Gasteiger partial charge in [0.25, 0.3) is 21.5 Å². The van der Waals surface area contributed by atoms with Gasteiger partial charge in [-0.3, -0.25) is 14.2 Å². The van der Waals surface area contributed by atoms with Gasteiger partial charge in [-0.25, -0.2) is 17.7 Å². The number of hydrogen-bond acceptors (Lipinski definition) is 7. The van der Waals surface area contributed by atoms with Crippen molar-refractivity contribution < 1.29 is 13.2 Å². The number of allylic oxidation sites excluding steroid dienone is 1. The van der Waals surface area contributed by atoms with Crippen LogP contribution in [0.4, 0.5) is 0 Å². The van der Waals surface area contributed by atoms with E-state index in [4.69, 9.17) is 4.98 Å². The number of fused-ring (bicyclic) bond motifs is 4. The van der Waals surface area contributed by atoms with Gasteiger partial charge in [0.1, 0.15) is 9.73 Å². The van der Waals surface area contributed by atoms with Crippen molar-refractivity contribution in [2.24, 2.45) is 0 Å². The molecular formula is C22H21N3O4S3. The zero-order valence-electron chi connectivity index (χ0n) is 17.2. The van der Waals surface area contributed by atoms with Crippen LogP contribution in [0.2, 0.25) is 0 Å². The van der Waals surface area contributed by atoms with Crippen molar-refractivity contribution in [1.29, 1.82) is 0 Å². The smallest absolute Gasteiger partial charge is 0.269 e. The molecule has 0 unspecified atom stereocenters. The maximum absolute atomic E-state index is 13.3. The maximum Gasteiger partial charge on any atom is 0.269 e. The highest BCUT2D eigenvalue weighted by molar-refractivity contribution is 7.99. The van der Waals surface area contributed by atoms with Crippen molar-refractivity contribution in [3.63, 3.8) is 0 Å². The van der Waals surface area contributed by atoms with Gasteiger partial charge < -0.3 is 0 Å². The molecule has 0 fully saturated rings. The summed E-state index contributed by atoms with van der Waals surface area (Å²) >= 11 is 2.86. The second-order valence-electron chi connectivity index (χ2n) is 7.72. The molecule has 7 nitrogen and oxygen atoms in total. The predicted molar refractivity (Wildman–Crippen MR) is 126 cm³/mol. The van der Waals surface area contributed by atoms with Gasteiger partial charge in [-0.2, -0.15) is 0 Å². The summed E-state index contributed by atoms with van der Waals surface area (Å²) in [7, 11) is -3.85. The molecule has 0 saturated heterocycles. The molecule has 0 bridgehead atoms. The number of thioether (sulfide) groups is 1. The summed E-state index contributed by atoms with van der Waals surface area (Å²) in [5, 5.41) is 1.23. The van der Waals surface area contributed by atoms with E-state index in [-0.39, 0.29) is 22.6 Å². The van der Waals surface area contributed by atoms with E-state index >= 15 is 0 Å². The van der Waals surface area contributed by atoms with Crippen LogP contribution in [0.3, 0.4) is 0 Å². The minimum absolute atomic E-state index is 0.00342. The van der Waals surface area contributed by atoms with Crippen molar-refractivity contribution >= 4 is 49.2 Å². The van der Waals surface area contributed by atoms with Crippen LogP contribution in [0.25, 0.3) is 10.2 Å². The van der Waals surface area contributed by atoms with Gasteiger partial charge in [-0.15, -0.1) is 17.9 Å². The third-order valence-electron chi connectivity index (χ3n) is 5.79. The van der Waals surface area contributed by atoms with Crippen molar-refractivity contribution in [1.82, 2.24) is 13.9 Å². The van der Waals surface area contributed by atoms with Gasteiger partial charge in [0.15, 0.2) is 5.16 Å². The second-order valence-corrected chi connectivity index (χ2v) is 11.7. The summed E-state index contributed by atoms with van der Waals surface area (Å²) in [6, 6.07) is 6.23. The van der Waals surface area contributed by atoms with E-state index in [1.54, 1.807) is 34.1 Å². The Bertz CT molecular complexity index is 1420. The van der Waals surface area contributed by atoms with Crippen molar-refractivity contribution in [3.8, 4) is 0 Å². The molecule has 1 aromatic carbocycles. The summed E-state index contributed by atoms with van der Waals surface area (Å²) < 4.78 is 28.0. The van der Waals surface area contributed by atoms with Crippen LogP contribution in [0.15, 0.2) is 51.8 Å². The lowest BCUT2D eigenvalue weighted by Crippen LogP contribution is -2.32. The lowest BCUT2D eigenvalue weighted by molar-refractivity contribution is 0.0876. The lowest BCUT2D eigenvalue weighted by Gasteiger charge is -2.16. The van der Waals surface area contributed by atoms with E-state index in [2.05, 4.69) is 6.58 Å². The van der Waals surface area contributed by atoms with Gasteiger partial charge in [0, 0.05) is 23.7 Å². The number of carbonyl (C=O) groups excluding carboxylic acids is 1. The van der Waals surface area contributed by atoms with Gasteiger partial charge in [0.05, 0.1) is 10.9 Å². The highest BCUT2D eigenvalue weighted by Crippen LogP contribution is 2.35.